The summed E-state index contributed by atoms with van der Waals surface area (Å²) in [4.78, 5) is 18.5. The molecule has 0 aromatic rings. The van der Waals surface area contributed by atoms with Gasteiger partial charge in [-0.3, -0.25) is 0 Å². The SMILES string of the molecule is C=CC(=O)O.C=CC(=O)O.[Cr]. The fourth-order valence-electron chi connectivity index (χ4n) is 0. The van der Waals surface area contributed by atoms with Crippen molar-refractivity contribution in [3.63, 3.8) is 0 Å². The Balaban J connectivity index is -0.000000107. The summed E-state index contributed by atoms with van der Waals surface area (Å²) in [6, 6.07) is 0. The van der Waals surface area contributed by atoms with Crippen LogP contribution in [0.25, 0.3) is 0 Å². The molecule has 11 heavy (non-hydrogen) atoms. The number of carboxylic acid groups (broad SMARTS) is 2. The van der Waals surface area contributed by atoms with Crippen molar-refractivity contribution < 1.29 is 37.2 Å². The van der Waals surface area contributed by atoms with Crippen LogP contribution >= 0.6 is 0 Å². The van der Waals surface area contributed by atoms with E-state index in [1.54, 1.807) is 0 Å². The van der Waals surface area contributed by atoms with Crippen molar-refractivity contribution >= 4 is 11.9 Å². The molecule has 0 radical (unpaired) electrons. The zero-order valence-corrected chi connectivity index (χ0v) is 6.96. The molecule has 0 saturated carbocycles. The van der Waals surface area contributed by atoms with Crippen LogP contribution in [0.15, 0.2) is 25.3 Å². The van der Waals surface area contributed by atoms with Gasteiger partial charge in [-0.15, -0.1) is 0 Å². The number of carbonyl (C=O) groups is 2. The molecule has 0 aromatic heterocycles. The monoisotopic (exact) mass is 196 g/mol. The summed E-state index contributed by atoms with van der Waals surface area (Å²) in [5.74, 6) is -1.96. The van der Waals surface area contributed by atoms with Crippen LogP contribution in [-0.4, -0.2) is 22.2 Å². The summed E-state index contributed by atoms with van der Waals surface area (Å²) in [6.07, 6.45) is 1.67. The first-order chi connectivity index (χ1) is 4.54. The van der Waals surface area contributed by atoms with E-state index in [2.05, 4.69) is 13.2 Å². The van der Waals surface area contributed by atoms with Crippen molar-refractivity contribution in [1.29, 1.82) is 0 Å². The average molecular weight is 196 g/mol. The summed E-state index contributed by atoms with van der Waals surface area (Å²) in [5.41, 5.74) is 0. The van der Waals surface area contributed by atoms with Crippen molar-refractivity contribution in [3.05, 3.63) is 25.3 Å². The van der Waals surface area contributed by atoms with E-state index in [1.165, 1.54) is 0 Å². The van der Waals surface area contributed by atoms with Gasteiger partial charge in [-0.05, 0) is 0 Å². The van der Waals surface area contributed by atoms with Gasteiger partial charge < -0.3 is 10.2 Å². The largest absolute Gasteiger partial charge is 0.478 e. The van der Waals surface area contributed by atoms with Gasteiger partial charge in [-0.1, -0.05) is 13.2 Å². The quantitative estimate of drug-likeness (QED) is 0.631. The molecule has 0 aliphatic carbocycles. The summed E-state index contributed by atoms with van der Waals surface area (Å²) >= 11 is 0. The molecular formula is C6H8CrO4. The van der Waals surface area contributed by atoms with E-state index >= 15 is 0 Å². The average Bonchev–Trinajstić information content (AvgIpc) is 1.89. The fraction of sp³-hybridized carbons (Fsp3) is 0. The number of hydrogen-bond acceptors (Lipinski definition) is 2. The molecule has 2 N–H and O–H groups in total. The van der Waals surface area contributed by atoms with Crippen LogP contribution in [0, 0.1) is 0 Å². The third-order valence-corrected chi connectivity index (χ3v) is 0.349. The minimum absolute atomic E-state index is 0. The van der Waals surface area contributed by atoms with E-state index in [-0.39, 0.29) is 17.4 Å². The van der Waals surface area contributed by atoms with Crippen molar-refractivity contribution in [2.45, 2.75) is 0 Å². The van der Waals surface area contributed by atoms with Crippen LogP contribution in [0.2, 0.25) is 0 Å². The van der Waals surface area contributed by atoms with Crippen molar-refractivity contribution in [2.75, 3.05) is 0 Å². The molecule has 0 heterocycles. The minimum atomic E-state index is -0.981. The Morgan fingerprint density at radius 2 is 1.09 bits per heavy atom. The van der Waals surface area contributed by atoms with Gasteiger partial charge in [0.05, 0.1) is 0 Å². The van der Waals surface area contributed by atoms with Crippen LogP contribution in [-0.2, 0) is 27.0 Å². The Kier molecular flexibility index (Phi) is 17.6. The Bertz CT molecular complexity index is 135. The summed E-state index contributed by atoms with van der Waals surface area (Å²) in [5, 5.41) is 15.2. The summed E-state index contributed by atoms with van der Waals surface area (Å²) < 4.78 is 0. The maximum absolute atomic E-state index is 9.25. The molecule has 0 aromatic carbocycles. The molecule has 5 heteroatoms. The minimum Gasteiger partial charge on any atom is -0.478 e. The zero-order valence-electron chi connectivity index (χ0n) is 5.69. The zero-order chi connectivity index (χ0) is 8.57. The van der Waals surface area contributed by atoms with Gasteiger partial charge >= 0.3 is 11.9 Å². The molecule has 0 bridgehead atoms. The van der Waals surface area contributed by atoms with Gasteiger partial charge in [0.15, 0.2) is 0 Å². The van der Waals surface area contributed by atoms with E-state index < -0.39 is 11.9 Å². The molecule has 0 spiro atoms. The van der Waals surface area contributed by atoms with Crippen molar-refractivity contribution in [2.24, 2.45) is 0 Å². The van der Waals surface area contributed by atoms with Gasteiger partial charge in [-0.2, -0.15) is 0 Å². The third-order valence-electron chi connectivity index (χ3n) is 0.349. The molecule has 0 aliphatic rings. The van der Waals surface area contributed by atoms with E-state index in [0.717, 1.165) is 12.2 Å². The Hall–Kier alpha value is -1.05. The molecule has 62 valence electrons. The molecule has 0 fully saturated rings. The Morgan fingerprint density at radius 1 is 1.00 bits per heavy atom. The van der Waals surface area contributed by atoms with Crippen molar-refractivity contribution in [1.82, 2.24) is 0 Å². The predicted molar refractivity (Wildman–Crippen MR) is 35.7 cm³/mol. The second kappa shape index (κ2) is 11.7. The smallest absolute Gasteiger partial charge is 0.327 e. The number of carboxylic acids is 2. The number of aliphatic carboxylic acids is 2. The first kappa shape index (κ1) is 16.5. The number of rotatable bonds is 2. The second-order valence-corrected chi connectivity index (χ2v) is 1.08. The molecule has 0 unspecified atom stereocenters. The van der Waals surface area contributed by atoms with Gasteiger partial charge in [0, 0.05) is 29.5 Å². The van der Waals surface area contributed by atoms with Gasteiger partial charge in [0.2, 0.25) is 0 Å². The molecule has 0 atom stereocenters. The molecular weight excluding hydrogens is 188 g/mol. The van der Waals surface area contributed by atoms with Crippen LogP contribution in [0.1, 0.15) is 0 Å². The van der Waals surface area contributed by atoms with Crippen LogP contribution in [0.3, 0.4) is 0 Å². The van der Waals surface area contributed by atoms with Gasteiger partial charge in [-0.25, -0.2) is 9.59 Å². The van der Waals surface area contributed by atoms with E-state index in [4.69, 9.17) is 10.2 Å². The predicted octanol–water partition coefficient (Wildman–Crippen LogP) is 0.512. The summed E-state index contributed by atoms with van der Waals surface area (Å²) in [6.45, 7) is 5.92. The van der Waals surface area contributed by atoms with Crippen LogP contribution in [0.5, 0.6) is 0 Å². The first-order valence-electron chi connectivity index (χ1n) is 2.25. The normalized spacial score (nSPS) is 5.82. The third kappa shape index (κ3) is 49.6. The van der Waals surface area contributed by atoms with Crippen LogP contribution in [0.4, 0.5) is 0 Å². The molecule has 0 aliphatic heterocycles. The van der Waals surface area contributed by atoms with E-state index in [1.807, 2.05) is 0 Å². The van der Waals surface area contributed by atoms with Gasteiger partial charge in [0.1, 0.15) is 0 Å². The molecule has 0 rings (SSSR count). The maximum Gasteiger partial charge on any atom is 0.327 e. The Labute approximate surface area is 75.0 Å². The Morgan fingerprint density at radius 3 is 1.09 bits per heavy atom. The van der Waals surface area contributed by atoms with E-state index in [9.17, 15) is 9.59 Å². The molecule has 0 amide bonds. The standard InChI is InChI=1S/2C3H4O2.Cr/c2*1-2-3(4)5;/h2*2H,1H2,(H,4,5);. The topological polar surface area (TPSA) is 74.6 Å². The fourth-order valence-corrected chi connectivity index (χ4v) is 0. The maximum atomic E-state index is 9.25. The van der Waals surface area contributed by atoms with Crippen LogP contribution < -0.4 is 0 Å². The first-order valence-corrected chi connectivity index (χ1v) is 2.25. The second-order valence-electron chi connectivity index (χ2n) is 1.08. The van der Waals surface area contributed by atoms with E-state index in [0.29, 0.717) is 0 Å². The number of hydrogen-bond donors (Lipinski definition) is 2. The molecule has 4 nitrogen and oxygen atoms in total. The van der Waals surface area contributed by atoms with Gasteiger partial charge in [0.25, 0.3) is 0 Å². The molecule has 0 saturated heterocycles. The van der Waals surface area contributed by atoms with Crippen molar-refractivity contribution in [3.8, 4) is 0 Å². The summed E-state index contributed by atoms with van der Waals surface area (Å²) in [7, 11) is 0.